The molecule has 0 saturated carbocycles. The minimum Gasteiger partial charge on any atom is -0.289 e. The van der Waals surface area contributed by atoms with Crippen molar-refractivity contribution in [2.75, 3.05) is 0 Å². The summed E-state index contributed by atoms with van der Waals surface area (Å²) in [4.78, 5) is 25.5. The lowest BCUT2D eigenvalue weighted by Gasteiger charge is -2.17. The predicted octanol–water partition coefficient (Wildman–Crippen LogP) is 6.21. The maximum absolute atomic E-state index is 15.2. The largest absolute Gasteiger partial charge is 0.289 e. The van der Waals surface area contributed by atoms with Crippen LogP contribution in [0.4, 0.5) is 4.39 Å². The number of allylic oxidation sites excluding steroid dienone is 2. The molecule has 1 heterocycles. The third-order valence-electron chi connectivity index (χ3n) is 5.79. The Morgan fingerprint density at radius 3 is 2.23 bits per heavy atom. The van der Waals surface area contributed by atoms with Gasteiger partial charge in [-0.3, -0.25) is 9.59 Å². The van der Waals surface area contributed by atoms with E-state index in [1.54, 1.807) is 42.5 Å². The zero-order chi connectivity index (χ0) is 21.6. The molecule has 31 heavy (non-hydrogen) atoms. The molecule has 0 bridgehead atoms. The number of hydrogen-bond donors (Lipinski definition) is 0. The average Bonchev–Trinajstić information content (AvgIpc) is 3.56. The van der Waals surface area contributed by atoms with E-state index in [0.717, 1.165) is 11.1 Å². The molecule has 2 atom stereocenters. The van der Waals surface area contributed by atoms with E-state index in [4.69, 9.17) is 0 Å². The number of benzene rings is 3. The molecular formula is C27H19FO2S. The quantitative estimate of drug-likeness (QED) is 0.359. The number of rotatable bonds is 5. The summed E-state index contributed by atoms with van der Waals surface area (Å²) in [5, 5.41) is -0.406. The number of carbonyl (C=O) groups excluding carboxylic acids is 2. The van der Waals surface area contributed by atoms with Crippen LogP contribution in [0.1, 0.15) is 37.4 Å². The number of Topliss-reactive ketones (excluding diaryl/α,β-unsaturated/α-hetero) is 1. The molecule has 5 rings (SSSR count). The first kappa shape index (κ1) is 19.7. The average molecular weight is 427 g/mol. The molecule has 1 aliphatic heterocycles. The molecule has 0 amide bonds. The molecule has 3 aromatic rings. The summed E-state index contributed by atoms with van der Waals surface area (Å²) in [5.41, 5.74) is 3.76. The van der Waals surface area contributed by atoms with E-state index < -0.39 is 10.00 Å². The first-order valence-corrected chi connectivity index (χ1v) is 11.0. The fourth-order valence-corrected chi connectivity index (χ4v) is 5.32. The molecule has 1 aliphatic carbocycles. The maximum Gasteiger partial charge on any atom is 0.195 e. The number of aryl methyl sites for hydroxylation is 1. The highest BCUT2D eigenvalue weighted by Crippen LogP contribution is 2.67. The fraction of sp³-hybridized carbons (Fsp3) is 0.111. The van der Waals surface area contributed by atoms with Crippen LogP contribution in [0.25, 0.3) is 0 Å². The minimum atomic E-state index is -0.505. The number of carbonyl (C=O) groups is 2. The van der Waals surface area contributed by atoms with E-state index in [1.807, 2.05) is 55.5 Å². The van der Waals surface area contributed by atoms with Crippen molar-refractivity contribution in [3.8, 4) is 0 Å². The van der Waals surface area contributed by atoms with Gasteiger partial charge in [-0.1, -0.05) is 90.5 Å². The normalized spacial score (nSPS) is 21.5. The zero-order valence-corrected chi connectivity index (χ0v) is 17.7. The van der Waals surface area contributed by atoms with Crippen LogP contribution in [-0.4, -0.2) is 16.8 Å². The highest BCUT2D eigenvalue weighted by Gasteiger charge is 2.59. The van der Waals surface area contributed by atoms with Crippen molar-refractivity contribution in [3.63, 3.8) is 0 Å². The summed E-state index contributed by atoms with van der Waals surface area (Å²) in [6.45, 7) is 1.91. The zero-order valence-electron chi connectivity index (χ0n) is 16.8. The van der Waals surface area contributed by atoms with Crippen molar-refractivity contribution < 1.29 is 14.0 Å². The lowest BCUT2D eigenvalue weighted by atomic mass is 9.86. The Balaban J connectivity index is 1.39. The summed E-state index contributed by atoms with van der Waals surface area (Å²) in [7, 11) is 0. The van der Waals surface area contributed by atoms with Gasteiger partial charge < -0.3 is 0 Å². The van der Waals surface area contributed by atoms with Gasteiger partial charge in [-0.2, -0.15) is 0 Å². The third-order valence-corrected chi connectivity index (χ3v) is 7.35. The Labute approximate surface area is 184 Å². The number of halogens is 1. The van der Waals surface area contributed by atoms with E-state index >= 15 is 4.39 Å². The van der Waals surface area contributed by atoms with E-state index in [1.165, 1.54) is 11.8 Å². The number of fused-ring (bicyclic) bond motifs is 1. The second-order valence-corrected chi connectivity index (χ2v) is 9.24. The Morgan fingerprint density at radius 1 is 0.839 bits per heavy atom. The van der Waals surface area contributed by atoms with E-state index in [9.17, 15) is 9.59 Å². The lowest BCUT2D eigenvalue weighted by Crippen LogP contribution is -2.17. The van der Waals surface area contributed by atoms with Gasteiger partial charge in [0.1, 0.15) is 5.83 Å². The molecule has 2 nitrogen and oxygen atoms in total. The molecule has 2 unspecified atom stereocenters. The smallest absolute Gasteiger partial charge is 0.195 e. The molecule has 0 N–H and O–H groups in total. The molecule has 0 spiro atoms. The van der Waals surface area contributed by atoms with Gasteiger partial charge in [-0.25, -0.2) is 4.39 Å². The van der Waals surface area contributed by atoms with Crippen molar-refractivity contribution in [2.45, 2.75) is 16.9 Å². The Kier molecular flexibility index (Phi) is 4.75. The summed E-state index contributed by atoms with van der Waals surface area (Å²) in [5.74, 6) is -0.702. The monoisotopic (exact) mass is 426 g/mol. The van der Waals surface area contributed by atoms with Gasteiger partial charge in [-0.15, -0.1) is 11.8 Å². The highest BCUT2D eigenvalue weighted by molar-refractivity contribution is 8.08. The molecule has 3 aromatic carbocycles. The molecule has 1 fully saturated rings. The first-order chi connectivity index (χ1) is 15.0. The number of ketones is 2. The predicted molar refractivity (Wildman–Crippen MR) is 122 cm³/mol. The van der Waals surface area contributed by atoms with Gasteiger partial charge in [0, 0.05) is 16.7 Å². The summed E-state index contributed by atoms with van der Waals surface area (Å²) in [6, 6.07) is 23.7. The molecular weight excluding hydrogens is 407 g/mol. The second-order valence-electron chi connectivity index (χ2n) is 7.86. The number of hydrogen-bond acceptors (Lipinski definition) is 3. The van der Waals surface area contributed by atoms with Gasteiger partial charge in [0.15, 0.2) is 11.6 Å². The minimum absolute atomic E-state index is 0.0408. The van der Waals surface area contributed by atoms with Gasteiger partial charge in [0.05, 0.1) is 15.6 Å². The summed E-state index contributed by atoms with van der Waals surface area (Å²) in [6.07, 6.45) is 3.53. The molecule has 4 heteroatoms. The van der Waals surface area contributed by atoms with Gasteiger partial charge in [0.2, 0.25) is 0 Å². The van der Waals surface area contributed by atoms with Crippen LogP contribution in [0.3, 0.4) is 0 Å². The van der Waals surface area contributed by atoms with E-state index in [0.29, 0.717) is 16.7 Å². The fourth-order valence-electron chi connectivity index (χ4n) is 4.04. The van der Waals surface area contributed by atoms with Crippen molar-refractivity contribution >= 4 is 23.3 Å². The van der Waals surface area contributed by atoms with Crippen molar-refractivity contribution in [1.82, 2.24) is 0 Å². The van der Waals surface area contributed by atoms with Gasteiger partial charge in [0.25, 0.3) is 0 Å². The first-order valence-electron chi connectivity index (χ1n) is 10.1. The maximum atomic E-state index is 15.2. The van der Waals surface area contributed by atoms with Gasteiger partial charge in [-0.05, 0) is 18.6 Å². The van der Waals surface area contributed by atoms with Crippen LogP contribution in [0, 0.1) is 6.92 Å². The molecule has 0 aromatic heterocycles. The van der Waals surface area contributed by atoms with Crippen molar-refractivity contribution in [1.29, 1.82) is 0 Å². The Bertz CT molecular complexity index is 1260. The standard InChI is InChI=1S/C27H19FO2S/c1-17-6-5-9-20(16-17)25(30)22-14-15-27(26(31-27)23(22)28)21-12-10-19(11-13-21)24(29)18-7-3-2-4-8-18/h2-16,26H,1H3. The molecule has 0 radical (unpaired) electrons. The number of thioether (sulfide) groups is 1. The molecule has 152 valence electrons. The Morgan fingerprint density at radius 2 is 1.52 bits per heavy atom. The Hall–Kier alpha value is -3.24. The summed E-state index contributed by atoms with van der Waals surface area (Å²) < 4.78 is 14.7. The highest BCUT2D eigenvalue weighted by atomic mass is 32.2. The van der Waals surface area contributed by atoms with Crippen molar-refractivity contribution in [3.05, 3.63) is 130 Å². The lowest BCUT2D eigenvalue weighted by molar-refractivity contribution is 0.102. The van der Waals surface area contributed by atoms with Crippen LogP contribution in [0.5, 0.6) is 0 Å². The van der Waals surface area contributed by atoms with Gasteiger partial charge >= 0.3 is 0 Å². The second kappa shape index (κ2) is 7.47. The van der Waals surface area contributed by atoms with Crippen LogP contribution in [-0.2, 0) is 4.75 Å². The van der Waals surface area contributed by atoms with Crippen LogP contribution < -0.4 is 0 Å². The van der Waals surface area contributed by atoms with Crippen LogP contribution in [0.2, 0.25) is 0 Å². The van der Waals surface area contributed by atoms with Crippen molar-refractivity contribution in [2.24, 2.45) is 0 Å². The topological polar surface area (TPSA) is 34.1 Å². The summed E-state index contributed by atoms with van der Waals surface area (Å²) >= 11 is 1.48. The van der Waals surface area contributed by atoms with E-state index in [-0.39, 0.29) is 23.0 Å². The van der Waals surface area contributed by atoms with E-state index in [2.05, 4.69) is 0 Å². The molecule has 1 saturated heterocycles. The van der Waals surface area contributed by atoms with Crippen LogP contribution >= 0.6 is 11.8 Å². The van der Waals surface area contributed by atoms with Crippen LogP contribution in [0.15, 0.2) is 102 Å². The third kappa shape index (κ3) is 3.37. The SMILES string of the molecule is Cc1cccc(C(=O)C2=C(F)C3SC3(c3ccc(C(=O)c4ccccc4)cc3)C=C2)c1. The molecule has 2 aliphatic rings.